The molecule has 0 aliphatic carbocycles. The van der Waals surface area contributed by atoms with E-state index < -0.39 is 17.6 Å². The first-order valence-electron chi connectivity index (χ1n) is 10.4. The van der Waals surface area contributed by atoms with Crippen molar-refractivity contribution in [2.75, 3.05) is 18.4 Å². The molecule has 6 nitrogen and oxygen atoms in total. The minimum absolute atomic E-state index is 0.116. The third kappa shape index (κ3) is 4.21. The number of carbonyl (C=O) groups is 3. The maximum Gasteiger partial charge on any atom is 0.278 e. The predicted octanol–water partition coefficient (Wildman–Crippen LogP) is 3.55. The molecule has 0 spiro atoms. The van der Waals surface area contributed by atoms with Crippen LogP contribution in [0.15, 0.2) is 54.2 Å². The number of rotatable bonds is 5. The standard InChI is InChI=1S/C24H24FN3O3/c1-16(29)26-19-11-9-17(10-12-19)21-22(27-13-5-2-6-14-27)24(31)28(23(21)30)15-18-7-3-4-8-20(18)25/h3-4,7-12H,2,5-6,13-15H2,1H3,(H,26,29). The number of likely N-dealkylation sites (tertiary alicyclic amines) is 1. The second-order valence-electron chi connectivity index (χ2n) is 7.82. The SMILES string of the molecule is CC(=O)Nc1ccc(C2=C(N3CCCCC3)C(=O)N(Cc3ccccc3F)C2=O)cc1. The molecule has 1 saturated heterocycles. The van der Waals surface area contributed by atoms with Gasteiger partial charge in [-0.3, -0.25) is 19.3 Å². The highest BCUT2D eigenvalue weighted by molar-refractivity contribution is 6.35. The number of imide groups is 1. The normalized spacial score (nSPS) is 16.8. The van der Waals surface area contributed by atoms with E-state index in [9.17, 15) is 18.8 Å². The molecule has 0 aromatic heterocycles. The van der Waals surface area contributed by atoms with Gasteiger partial charge in [0.25, 0.3) is 11.8 Å². The van der Waals surface area contributed by atoms with Gasteiger partial charge in [-0.05, 0) is 43.0 Å². The Balaban J connectivity index is 1.71. The number of hydrogen-bond donors (Lipinski definition) is 1. The Labute approximate surface area is 180 Å². The minimum atomic E-state index is -0.448. The number of amides is 3. The number of nitrogens with zero attached hydrogens (tertiary/aromatic N) is 2. The van der Waals surface area contributed by atoms with Crippen LogP contribution >= 0.6 is 0 Å². The monoisotopic (exact) mass is 421 g/mol. The lowest BCUT2D eigenvalue weighted by Crippen LogP contribution is -2.37. The molecule has 1 N–H and O–H groups in total. The largest absolute Gasteiger partial charge is 0.366 e. The quantitative estimate of drug-likeness (QED) is 0.750. The molecule has 2 heterocycles. The first-order valence-corrected chi connectivity index (χ1v) is 10.4. The summed E-state index contributed by atoms with van der Waals surface area (Å²) in [7, 11) is 0. The van der Waals surface area contributed by atoms with E-state index in [4.69, 9.17) is 0 Å². The number of hydrogen-bond acceptors (Lipinski definition) is 4. The van der Waals surface area contributed by atoms with Crippen molar-refractivity contribution in [3.8, 4) is 0 Å². The van der Waals surface area contributed by atoms with E-state index in [1.807, 2.05) is 4.90 Å². The molecule has 3 amide bonds. The zero-order chi connectivity index (χ0) is 22.0. The summed E-state index contributed by atoms with van der Waals surface area (Å²) >= 11 is 0. The second kappa shape index (κ2) is 8.71. The van der Waals surface area contributed by atoms with Crippen LogP contribution in [0.1, 0.15) is 37.3 Å². The van der Waals surface area contributed by atoms with Gasteiger partial charge in [0.2, 0.25) is 5.91 Å². The molecule has 2 aromatic rings. The van der Waals surface area contributed by atoms with Crippen molar-refractivity contribution in [2.24, 2.45) is 0 Å². The highest BCUT2D eigenvalue weighted by atomic mass is 19.1. The lowest BCUT2D eigenvalue weighted by molar-refractivity contribution is -0.138. The summed E-state index contributed by atoms with van der Waals surface area (Å²) in [6.45, 7) is 2.71. The molecule has 2 aliphatic rings. The molecule has 0 radical (unpaired) electrons. The topological polar surface area (TPSA) is 69.7 Å². The summed E-state index contributed by atoms with van der Waals surface area (Å²) in [5.74, 6) is -1.46. The Morgan fingerprint density at radius 3 is 2.29 bits per heavy atom. The number of halogens is 1. The molecule has 4 rings (SSSR count). The van der Waals surface area contributed by atoms with E-state index in [2.05, 4.69) is 5.32 Å². The Hall–Kier alpha value is -3.48. The smallest absolute Gasteiger partial charge is 0.278 e. The van der Waals surface area contributed by atoms with Crippen LogP contribution in [-0.2, 0) is 20.9 Å². The van der Waals surface area contributed by atoms with Crippen LogP contribution < -0.4 is 5.32 Å². The van der Waals surface area contributed by atoms with E-state index in [1.165, 1.54) is 13.0 Å². The maximum atomic E-state index is 14.2. The van der Waals surface area contributed by atoms with Crippen molar-refractivity contribution in [1.82, 2.24) is 9.80 Å². The van der Waals surface area contributed by atoms with Crippen LogP contribution in [0.3, 0.4) is 0 Å². The van der Waals surface area contributed by atoms with Crippen molar-refractivity contribution in [3.63, 3.8) is 0 Å². The molecule has 0 unspecified atom stereocenters. The molecule has 0 atom stereocenters. The number of benzene rings is 2. The first-order chi connectivity index (χ1) is 15.0. The van der Waals surface area contributed by atoms with Gasteiger partial charge in [-0.15, -0.1) is 0 Å². The Bertz CT molecular complexity index is 1060. The first kappa shape index (κ1) is 20.8. The zero-order valence-corrected chi connectivity index (χ0v) is 17.4. The van der Waals surface area contributed by atoms with Gasteiger partial charge in [0.1, 0.15) is 11.5 Å². The Kier molecular flexibility index (Phi) is 5.84. The van der Waals surface area contributed by atoms with E-state index >= 15 is 0 Å². The van der Waals surface area contributed by atoms with E-state index in [0.29, 0.717) is 41.2 Å². The van der Waals surface area contributed by atoms with Gasteiger partial charge >= 0.3 is 0 Å². The van der Waals surface area contributed by atoms with Crippen molar-refractivity contribution in [3.05, 3.63) is 71.2 Å². The average Bonchev–Trinajstić information content (AvgIpc) is 3.01. The fraction of sp³-hybridized carbons (Fsp3) is 0.292. The van der Waals surface area contributed by atoms with Crippen molar-refractivity contribution in [2.45, 2.75) is 32.7 Å². The average molecular weight is 421 g/mol. The fourth-order valence-corrected chi connectivity index (χ4v) is 4.10. The highest BCUT2D eigenvalue weighted by Crippen LogP contribution is 2.34. The summed E-state index contributed by atoms with van der Waals surface area (Å²) in [4.78, 5) is 41.1. The summed E-state index contributed by atoms with van der Waals surface area (Å²) < 4.78 is 14.2. The lowest BCUT2D eigenvalue weighted by atomic mass is 10.0. The van der Waals surface area contributed by atoms with Crippen LogP contribution in [0.2, 0.25) is 0 Å². The molecule has 0 saturated carbocycles. The third-order valence-electron chi connectivity index (χ3n) is 5.60. The molecule has 1 fully saturated rings. The molecule has 2 aromatic carbocycles. The molecule has 7 heteroatoms. The Morgan fingerprint density at radius 1 is 0.968 bits per heavy atom. The van der Waals surface area contributed by atoms with Crippen LogP contribution in [-0.4, -0.2) is 40.6 Å². The maximum absolute atomic E-state index is 14.2. The fourth-order valence-electron chi connectivity index (χ4n) is 4.10. The Morgan fingerprint density at radius 2 is 1.65 bits per heavy atom. The summed E-state index contributed by atoms with van der Waals surface area (Å²) in [6, 6.07) is 13.0. The highest BCUT2D eigenvalue weighted by Gasteiger charge is 2.41. The van der Waals surface area contributed by atoms with E-state index in [-0.39, 0.29) is 12.5 Å². The molecule has 0 bridgehead atoms. The molecule has 2 aliphatic heterocycles. The van der Waals surface area contributed by atoms with Crippen LogP contribution in [0.4, 0.5) is 10.1 Å². The summed E-state index contributed by atoms with van der Waals surface area (Å²) in [5.41, 5.74) is 2.22. The molecule has 160 valence electrons. The van der Waals surface area contributed by atoms with E-state index in [1.54, 1.807) is 42.5 Å². The van der Waals surface area contributed by atoms with Gasteiger partial charge in [-0.2, -0.15) is 0 Å². The lowest BCUT2D eigenvalue weighted by Gasteiger charge is -2.29. The van der Waals surface area contributed by atoms with Crippen molar-refractivity contribution >= 4 is 29.0 Å². The van der Waals surface area contributed by atoms with Gasteiger partial charge in [0.05, 0.1) is 12.1 Å². The predicted molar refractivity (Wildman–Crippen MR) is 115 cm³/mol. The van der Waals surface area contributed by atoms with E-state index in [0.717, 1.165) is 24.2 Å². The molecular formula is C24H24FN3O3. The number of anilines is 1. The summed E-state index contributed by atoms with van der Waals surface area (Å²) in [6.07, 6.45) is 2.99. The number of carbonyl (C=O) groups excluding carboxylic acids is 3. The number of nitrogens with one attached hydrogen (secondary N) is 1. The minimum Gasteiger partial charge on any atom is -0.366 e. The zero-order valence-electron chi connectivity index (χ0n) is 17.4. The van der Waals surface area contributed by atoms with Crippen LogP contribution in [0.25, 0.3) is 5.57 Å². The molecule has 31 heavy (non-hydrogen) atoms. The van der Waals surface area contributed by atoms with Crippen molar-refractivity contribution < 1.29 is 18.8 Å². The number of piperidine rings is 1. The van der Waals surface area contributed by atoms with Gasteiger partial charge in [-0.25, -0.2) is 4.39 Å². The van der Waals surface area contributed by atoms with Gasteiger partial charge in [0.15, 0.2) is 0 Å². The van der Waals surface area contributed by atoms with Gasteiger partial charge < -0.3 is 10.2 Å². The van der Waals surface area contributed by atoms with Crippen LogP contribution in [0, 0.1) is 5.82 Å². The second-order valence-corrected chi connectivity index (χ2v) is 7.82. The third-order valence-corrected chi connectivity index (χ3v) is 5.60. The summed E-state index contributed by atoms with van der Waals surface area (Å²) in [5, 5.41) is 2.70. The van der Waals surface area contributed by atoms with Gasteiger partial charge in [-0.1, -0.05) is 30.3 Å². The van der Waals surface area contributed by atoms with Crippen LogP contribution in [0.5, 0.6) is 0 Å². The van der Waals surface area contributed by atoms with Crippen molar-refractivity contribution in [1.29, 1.82) is 0 Å². The molecular weight excluding hydrogens is 397 g/mol. The van der Waals surface area contributed by atoms with Gasteiger partial charge in [0, 0.05) is 31.3 Å².